The van der Waals surface area contributed by atoms with E-state index in [1.807, 2.05) is 0 Å². The number of hydrogen-bond donors (Lipinski definition) is 1. The second kappa shape index (κ2) is 4.81. The molecule has 102 valence electrons. The van der Waals surface area contributed by atoms with Gasteiger partial charge in [0.25, 0.3) is 5.56 Å². The van der Waals surface area contributed by atoms with E-state index in [0.717, 1.165) is 15.9 Å². The van der Waals surface area contributed by atoms with E-state index in [2.05, 4.69) is 4.98 Å². The minimum absolute atomic E-state index is 0.333. The molecule has 5 nitrogen and oxygen atoms in total. The largest absolute Gasteiger partial charge is 0.496 e. The standard InChI is InChI=1S/C13H9ClN2O3S/c1-19-8-4-2-3-7-11(8)12(17)16(13(18)15-7)10-6-5-9(14)20-10/h2-6H,1H3,(H,15,18). The molecule has 2 aromatic heterocycles. The van der Waals surface area contributed by atoms with Gasteiger partial charge in [-0.05, 0) is 24.3 Å². The number of ether oxygens (including phenoxy) is 1. The highest BCUT2D eigenvalue weighted by atomic mass is 35.5. The van der Waals surface area contributed by atoms with Crippen LogP contribution in [0.4, 0.5) is 0 Å². The lowest BCUT2D eigenvalue weighted by molar-refractivity contribution is 0.419. The summed E-state index contributed by atoms with van der Waals surface area (Å²) in [5.74, 6) is 0.417. The SMILES string of the molecule is COc1cccc2[nH]c(=O)n(-c3ccc(Cl)s3)c(=O)c12. The number of fused-ring (bicyclic) bond motifs is 1. The third-order valence-corrected chi connectivity index (χ3v) is 4.10. The molecule has 3 rings (SSSR count). The maximum atomic E-state index is 12.6. The average molecular weight is 309 g/mol. The highest BCUT2D eigenvalue weighted by Crippen LogP contribution is 2.24. The Kier molecular flexibility index (Phi) is 3.11. The van der Waals surface area contributed by atoms with Gasteiger partial charge in [0, 0.05) is 0 Å². The van der Waals surface area contributed by atoms with Crippen LogP contribution in [0, 0.1) is 0 Å². The Labute approximate surface area is 122 Å². The van der Waals surface area contributed by atoms with Crippen LogP contribution >= 0.6 is 22.9 Å². The number of benzene rings is 1. The number of aromatic nitrogens is 2. The van der Waals surface area contributed by atoms with Crippen molar-refractivity contribution in [3.8, 4) is 10.8 Å². The Morgan fingerprint density at radius 3 is 2.70 bits per heavy atom. The average Bonchev–Trinajstić information content (AvgIpc) is 2.84. The zero-order valence-electron chi connectivity index (χ0n) is 10.3. The van der Waals surface area contributed by atoms with Crippen LogP contribution in [0.25, 0.3) is 15.9 Å². The van der Waals surface area contributed by atoms with Gasteiger partial charge in [0.15, 0.2) is 0 Å². The van der Waals surface area contributed by atoms with Crippen molar-refractivity contribution in [2.75, 3.05) is 7.11 Å². The lowest BCUT2D eigenvalue weighted by Crippen LogP contribution is -2.33. The lowest BCUT2D eigenvalue weighted by Gasteiger charge is -2.07. The van der Waals surface area contributed by atoms with Crippen molar-refractivity contribution < 1.29 is 4.74 Å². The molecule has 0 saturated heterocycles. The van der Waals surface area contributed by atoms with Crippen LogP contribution in [0.15, 0.2) is 39.9 Å². The molecule has 1 N–H and O–H groups in total. The zero-order chi connectivity index (χ0) is 14.3. The fourth-order valence-corrected chi connectivity index (χ4v) is 3.06. The normalized spacial score (nSPS) is 10.9. The number of aromatic amines is 1. The minimum atomic E-state index is -0.505. The van der Waals surface area contributed by atoms with Crippen LogP contribution in [0.3, 0.4) is 0 Å². The van der Waals surface area contributed by atoms with Crippen molar-refractivity contribution in [1.82, 2.24) is 9.55 Å². The molecule has 20 heavy (non-hydrogen) atoms. The fraction of sp³-hybridized carbons (Fsp3) is 0.0769. The first-order valence-electron chi connectivity index (χ1n) is 5.69. The fourth-order valence-electron chi connectivity index (χ4n) is 2.03. The van der Waals surface area contributed by atoms with Gasteiger partial charge in [-0.1, -0.05) is 17.7 Å². The molecule has 0 spiro atoms. The van der Waals surface area contributed by atoms with Gasteiger partial charge in [0.2, 0.25) is 0 Å². The third-order valence-electron chi connectivity index (χ3n) is 2.89. The van der Waals surface area contributed by atoms with Crippen LogP contribution in [0.2, 0.25) is 4.34 Å². The monoisotopic (exact) mass is 308 g/mol. The van der Waals surface area contributed by atoms with Crippen molar-refractivity contribution in [2.45, 2.75) is 0 Å². The summed E-state index contributed by atoms with van der Waals surface area (Å²) >= 11 is 7.02. The Morgan fingerprint density at radius 1 is 1.25 bits per heavy atom. The minimum Gasteiger partial charge on any atom is -0.496 e. The van der Waals surface area contributed by atoms with E-state index in [0.29, 0.717) is 26.0 Å². The predicted molar refractivity (Wildman–Crippen MR) is 79.6 cm³/mol. The smallest absolute Gasteiger partial charge is 0.334 e. The van der Waals surface area contributed by atoms with E-state index in [9.17, 15) is 9.59 Å². The Morgan fingerprint density at radius 2 is 2.05 bits per heavy atom. The Bertz CT molecular complexity index is 910. The van der Waals surface area contributed by atoms with Crippen molar-refractivity contribution >= 4 is 33.8 Å². The topological polar surface area (TPSA) is 64.1 Å². The molecule has 0 bridgehead atoms. The van der Waals surface area contributed by atoms with Gasteiger partial charge in [-0.25, -0.2) is 9.36 Å². The molecule has 2 heterocycles. The molecule has 0 fully saturated rings. The summed E-state index contributed by atoms with van der Waals surface area (Å²) in [7, 11) is 1.48. The van der Waals surface area contributed by atoms with Crippen LogP contribution in [0.5, 0.6) is 5.75 Å². The van der Waals surface area contributed by atoms with E-state index in [4.69, 9.17) is 16.3 Å². The van der Waals surface area contributed by atoms with E-state index in [-0.39, 0.29) is 0 Å². The predicted octanol–water partition coefficient (Wildman–Crippen LogP) is 2.40. The van der Waals surface area contributed by atoms with Gasteiger partial charge in [-0.15, -0.1) is 11.3 Å². The molecule has 0 unspecified atom stereocenters. The summed E-state index contributed by atoms with van der Waals surface area (Å²) in [5.41, 5.74) is -0.493. The number of H-pyrrole nitrogens is 1. The molecule has 0 radical (unpaired) electrons. The van der Waals surface area contributed by atoms with Gasteiger partial charge in [0.05, 0.1) is 17.0 Å². The summed E-state index contributed by atoms with van der Waals surface area (Å²) < 4.78 is 6.75. The van der Waals surface area contributed by atoms with Gasteiger partial charge in [-0.3, -0.25) is 4.79 Å². The molecule has 3 aromatic rings. The lowest BCUT2D eigenvalue weighted by atomic mass is 10.2. The molecule has 0 aliphatic heterocycles. The number of rotatable bonds is 2. The first-order chi connectivity index (χ1) is 9.61. The second-order valence-corrected chi connectivity index (χ2v) is 5.72. The van der Waals surface area contributed by atoms with E-state index < -0.39 is 11.2 Å². The summed E-state index contributed by atoms with van der Waals surface area (Å²) in [5, 5.41) is 0.799. The Hall–Kier alpha value is -2.05. The van der Waals surface area contributed by atoms with Crippen molar-refractivity contribution in [2.24, 2.45) is 0 Å². The van der Waals surface area contributed by atoms with Gasteiger partial charge in [0.1, 0.15) is 16.1 Å². The van der Waals surface area contributed by atoms with E-state index >= 15 is 0 Å². The number of halogens is 1. The molecule has 0 saturated carbocycles. The summed E-state index contributed by atoms with van der Waals surface area (Å²) in [6.07, 6.45) is 0. The molecule has 1 aromatic carbocycles. The highest BCUT2D eigenvalue weighted by molar-refractivity contribution is 7.18. The number of thiophene rings is 1. The molecular weight excluding hydrogens is 300 g/mol. The molecule has 0 aliphatic rings. The van der Waals surface area contributed by atoms with Gasteiger partial charge in [-0.2, -0.15) is 0 Å². The van der Waals surface area contributed by atoms with Crippen LogP contribution in [-0.4, -0.2) is 16.7 Å². The van der Waals surface area contributed by atoms with Crippen molar-refractivity contribution in [3.63, 3.8) is 0 Å². The van der Waals surface area contributed by atoms with Gasteiger partial charge >= 0.3 is 5.69 Å². The Balaban J connectivity index is 2.45. The third kappa shape index (κ3) is 1.93. The number of methoxy groups -OCH3 is 1. The molecule has 0 amide bonds. The van der Waals surface area contributed by atoms with Crippen LogP contribution in [-0.2, 0) is 0 Å². The van der Waals surface area contributed by atoms with E-state index in [1.54, 1.807) is 30.3 Å². The van der Waals surface area contributed by atoms with Crippen LogP contribution < -0.4 is 16.0 Å². The summed E-state index contributed by atoms with van der Waals surface area (Å²) in [4.78, 5) is 27.3. The maximum Gasteiger partial charge on any atom is 0.334 e. The first kappa shape index (κ1) is 13.0. The number of nitrogens with one attached hydrogen (secondary N) is 1. The number of nitrogens with zero attached hydrogens (tertiary/aromatic N) is 1. The molecule has 0 atom stereocenters. The van der Waals surface area contributed by atoms with Crippen LogP contribution in [0.1, 0.15) is 0 Å². The highest BCUT2D eigenvalue weighted by Gasteiger charge is 2.14. The van der Waals surface area contributed by atoms with Crippen molar-refractivity contribution in [3.05, 3.63) is 55.5 Å². The van der Waals surface area contributed by atoms with E-state index in [1.165, 1.54) is 7.11 Å². The quantitative estimate of drug-likeness (QED) is 0.790. The maximum absolute atomic E-state index is 12.6. The zero-order valence-corrected chi connectivity index (χ0v) is 11.9. The summed E-state index contributed by atoms with van der Waals surface area (Å²) in [6.45, 7) is 0. The first-order valence-corrected chi connectivity index (χ1v) is 6.89. The summed E-state index contributed by atoms with van der Waals surface area (Å²) in [6, 6.07) is 8.31. The second-order valence-electron chi connectivity index (χ2n) is 4.03. The molecular formula is C13H9ClN2O3S. The number of hydrogen-bond acceptors (Lipinski definition) is 4. The molecule has 7 heteroatoms. The molecule has 0 aliphatic carbocycles. The van der Waals surface area contributed by atoms with Gasteiger partial charge < -0.3 is 9.72 Å². The van der Waals surface area contributed by atoms with Crippen molar-refractivity contribution in [1.29, 1.82) is 0 Å².